The Morgan fingerprint density at radius 2 is 1.90 bits per heavy atom. The highest BCUT2D eigenvalue weighted by Crippen LogP contribution is 2.18. The Bertz CT molecular complexity index is 441. The molecule has 0 radical (unpaired) electrons. The van der Waals surface area contributed by atoms with Crippen molar-refractivity contribution in [1.82, 2.24) is 5.32 Å². The molecular weight excluding hydrogens is 280 g/mol. The average Bonchev–Trinajstić information content (AvgIpc) is 2.45. The molecule has 1 amide bonds. The lowest BCUT2D eigenvalue weighted by molar-refractivity contribution is -0.138. The summed E-state index contributed by atoms with van der Waals surface area (Å²) in [6.07, 6.45) is -0.615. The Balaban J connectivity index is 2.26. The van der Waals surface area contributed by atoms with Gasteiger partial charge in [0.15, 0.2) is 0 Å². The summed E-state index contributed by atoms with van der Waals surface area (Å²) in [5.41, 5.74) is 6.43. The summed E-state index contributed by atoms with van der Waals surface area (Å²) in [6.45, 7) is -0.441. The van der Waals surface area contributed by atoms with Crippen molar-refractivity contribution in [2.75, 3.05) is 18.1 Å². The number of carboxylic acid groups (broad SMARTS) is 1. The van der Waals surface area contributed by atoms with Gasteiger partial charge in [-0.3, -0.25) is 9.59 Å². The quantitative estimate of drug-likeness (QED) is 0.536. The third-order valence-electron chi connectivity index (χ3n) is 2.51. The van der Waals surface area contributed by atoms with Gasteiger partial charge in [-0.05, 0) is 5.56 Å². The first-order chi connectivity index (χ1) is 9.50. The standard InChI is InChI=1S/C13H18N2O4S/c14-10(13(19)15-6-12(17)18)7-20-8-11(16)9-4-2-1-3-5-9/h1-5,10-11,16H,6-8,14H2,(H,15,19)(H,17,18)/t10-,11?/m0/s1. The maximum atomic E-state index is 11.4. The molecule has 0 saturated heterocycles. The van der Waals surface area contributed by atoms with Crippen molar-refractivity contribution >= 4 is 23.6 Å². The fourth-order valence-corrected chi connectivity index (χ4v) is 2.40. The molecular formula is C13H18N2O4S. The molecule has 0 aliphatic heterocycles. The second kappa shape index (κ2) is 8.57. The highest BCUT2D eigenvalue weighted by molar-refractivity contribution is 7.99. The second-order valence-corrected chi connectivity index (χ2v) is 5.26. The molecule has 110 valence electrons. The number of carbonyl (C=O) groups excluding carboxylic acids is 1. The van der Waals surface area contributed by atoms with Crippen molar-refractivity contribution < 1.29 is 19.8 Å². The van der Waals surface area contributed by atoms with Gasteiger partial charge < -0.3 is 21.3 Å². The molecule has 0 aliphatic rings. The van der Waals surface area contributed by atoms with Crippen LogP contribution >= 0.6 is 11.8 Å². The Kier molecular flexibility index (Phi) is 7.06. The van der Waals surface area contributed by atoms with Gasteiger partial charge in [0.2, 0.25) is 5.91 Å². The first-order valence-corrected chi connectivity index (χ1v) is 7.22. The normalized spacial score (nSPS) is 13.5. The molecule has 5 N–H and O–H groups in total. The van der Waals surface area contributed by atoms with Crippen molar-refractivity contribution in [3.63, 3.8) is 0 Å². The SMILES string of the molecule is N[C@@H](CSCC(O)c1ccccc1)C(=O)NCC(=O)O. The number of amides is 1. The Morgan fingerprint density at radius 3 is 2.50 bits per heavy atom. The fraction of sp³-hybridized carbons (Fsp3) is 0.385. The molecule has 1 aromatic rings. The third-order valence-corrected chi connectivity index (χ3v) is 3.65. The number of carbonyl (C=O) groups is 2. The van der Waals surface area contributed by atoms with E-state index in [1.165, 1.54) is 11.8 Å². The predicted molar refractivity (Wildman–Crippen MR) is 77.3 cm³/mol. The van der Waals surface area contributed by atoms with Crippen LogP contribution in [-0.4, -0.2) is 46.2 Å². The number of aliphatic hydroxyl groups is 1. The van der Waals surface area contributed by atoms with E-state index >= 15 is 0 Å². The van der Waals surface area contributed by atoms with Crippen LogP contribution < -0.4 is 11.1 Å². The highest BCUT2D eigenvalue weighted by atomic mass is 32.2. The summed E-state index contributed by atoms with van der Waals surface area (Å²) in [5, 5.41) is 20.5. The third kappa shape index (κ3) is 6.05. The van der Waals surface area contributed by atoms with Crippen LogP contribution in [0.15, 0.2) is 30.3 Å². The van der Waals surface area contributed by atoms with E-state index < -0.39 is 30.6 Å². The number of rotatable bonds is 8. The number of hydrogen-bond acceptors (Lipinski definition) is 5. The van der Waals surface area contributed by atoms with Crippen LogP contribution in [0.4, 0.5) is 0 Å². The van der Waals surface area contributed by atoms with E-state index in [9.17, 15) is 14.7 Å². The molecule has 20 heavy (non-hydrogen) atoms. The summed E-state index contributed by atoms with van der Waals surface area (Å²) in [6, 6.07) is 8.41. The number of carboxylic acids is 1. The summed E-state index contributed by atoms with van der Waals surface area (Å²) < 4.78 is 0. The average molecular weight is 298 g/mol. The molecule has 1 rings (SSSR count). The lowest BCUT2D eigenvalue weighted by atomic mass is 10.1. The minimum absolute atomic E-state index is 0.315. The highest BCUT2D eigenvalue weighted by Gasteiger charge is 2.15. The van der Waals surface area contributed by atoms with E-state index in [2.05, 4.69) is 5.32 Å². The van der Waals surface area contributed by atoms with Crippen LogP contribution in [0.3, 0.4) is 0 Å². The van der Waals surface area contributed by atoms with Gasteiger partial charge in [-0.1, -0.05) is 30.3 Å². The topological polar surface area (TPSA) is 113 Å². The number of nitrogens with two attached hydrogens (primary N) is 1. The number of nitrogens with one attached hydrogen (secondary N) is 1. The van der Waals surface area contributed by atoms with E-state index in [4.69, 9.17) is 10.8 Å². The molecule has 0 saturated carbocycles. The van der Waals surface area contributed by atoms with Gasteiger partial charge in [0.25, 0.3) is 0 Å². The van der Waals surface area contributed by atoms with E-state index in [1.807, 2.05) is 30.3 Å². The van der Waals surface area contributed by atoms with Crippen molar-refractivity contribution in [2.45, 2.75) is 12.1 Å². The van der Waals surface area contributed by atoms with Gasteiger partial charge >= 0.3 is 5.97 Å². The molecule has 0 aliphatic carbocycles. The molecule has 0 aromatic heterocycles. The van der Waals surface area contributed by atoms with E-state index in [-0.39, 0.29) is 0 Å². The maximum absolute atomic E-state index is 11.4. The van der Waals surface area contributed by atoms with Crippen molar-refractivity contribution in [2.24, 2.45) is 5.73 Å². The second-order valence-electron chi connectivity index (χ2n) is 4.18. The molecule has 0 bridgehead atoms. The van der Waals surface area contributed by atoms with Crippen LogP contribution in [-0.2, 0) is 9.59 Å². The van der Waals surface area contributed by atoms with Gasteiger partial charge in [-0.15, -0.1) is 0 Å². The Hall–Kier alpha value is -1.57. The monoisotopic (exact) mass is 298 g/mol. The van der Waals surface area contributed by atoms with Crippen molar-refractivity contribution in [3.8, 4) is 0 Å². The number of aliphatic carboxylic acids is 1. The largest absolute Gasteiger partial charge is 0.480 e. The first-order valence-electron chi connectivity index (χ1n) is 6.06. The predicted octanol–water partition coefficient (Wildman–Crippen LogP) is -0.0187. The van der Waals surface area contributed by atoms with Crippen LogP contribution in [0.2, 0.25) is 0 Å². The van der Waals surface area contributed by atoms with Crippen molar-refractivity contribution in [1.29, 1.82) is 0 Å². The van der Waals surface area contributed by atoms with E-state index in [0.29, 0.717) is 11.5 Å². The molecule has 0 spiro atoms. The van der Waals surface area contributed by atoms with Crippen molar-refractivity contribution in [3.05, 3.63) is 35.9 Å². The minimum Gasteiger partial charge on any atom is -0.480 e. The van der Waals surface area contributed by atoms with Gasteiger partial charge in [0.05, 0.1) is 12.1 Å². The number of benzene rings is 1. The summed E-state index contributed by atoms with van der Waals surface area (Å²) in [4.78, 5) is 21.7. The Labute approximate surface area is 121 Å². The molecule has 2 atom stereocenters. The summed E-state index contributed by atoms with van der Waals surface area (Å²) in [7, 11) is 0. The van der Waals surface area contributed by atoms with E-state index in [1.54, 1.807) is 0 Å². The fourth-order valence-electron chi connectivity index (χ4n) is 1.45. The molecule has 0 fully saturated rings. The van der Waals surface area contributed by atoms with Gasteiger partial charge in [-0.2, -0.15) is 11.8 Å². The zero-order valence-corrected chi connectivity index (χ0v) is 11.7. The van der Waals surface area contributed by atoms with Crippen LogP contribution in [0.1, 0.15) is 11.7 Å². The number of thioether (sulfide) groups is 1. The molecule has 1 aromatic carbocycles. The summed E-state index contributed by atoms with van der Waals surface area (Å²) in [5.74, 6) is -0.883. The van der Waals surface area contributed by atoms with Gasteiger partial charge in [0.1, 0.15) is 6.54 Å². The van der Waals surface area contributed by atoms with E-state index in [0.717, 1.165) is 5.56 Å². The van der Waals surface area contributed by atoms with Gasteiger partial charge in [-0.25, -0.2) is 0 Å². The lowest BCUT2D eigenvalue weighted by Crippen LogP contribution is -2.44. The maximum Gasteiger partial charge on any atom is 0.322 e. The first kappa shape index (κ1) is 16.5. The minimum atomic E-state index is -1.11. The van der Waals surface area contributed by atoms with Crippen LogP contribution in [0.5, 0.6) is 0 Å². The number of hydrogen-bond donors (Lipinski definition) is 4. The molecule has 7 heteroatoms. The van der Waals surface area contributed by atoms with Crippen LogP contribution in [0, 0.1) is 0 Å². The molecule has 6 nitrogen and oxygen atoms in total. The number of aliphatic hydroxyl groups excluding tert-OH is 1. The lowest BCUT2D eigenvalue weighted by Gasteiger charge is -2.13. The molecule has 1 unspecified atom stereocenters. The zero-order valence-electron chi connectivity index (χ0n) is 10.9. The van der Waals surface area contributed by atoms with Crippen LogP contribution in [0.25, 0.3) is 0 Å². The van der Waals surface area contributed by atoms with Gasteiger partial charge in [0, 0.05) is 11.5 Å². The summed E-state index contributed by atoms with van der Waals surface area (Å²) >= 11 is 1.34. The Morgan fingerprint density at radius 1 is 1.25 bits per heavy atom. The zero-order chi connectivity index (χ0) is 15.0. The molecule has 0 heterocycles. The smallest absolute Gasteiger partial charge is 0.322 e.